The maximum atomic E-state index is 6.45. The Hall–Kier alpha value is -7.57. The summed E-state index contributed by atoms with van der Waals surface area (Å²) in [4.78, 5) is 7.34. The van der Waals surface area contributed by atoms with E-state index < -0.39 is 0 Å². The van der Waals surface area contributed by atoms with Gasteiger partial charge in [0.05, 0.1) is 16.4 Å². The van der Waals surface area contributed by atoms with E-state index in [4.69, 9.17) is 18.2 Å². The van der Waals surface area contributed by atoms with Crippen molar-refractivity contribution in [3.05, 3.63) is 176 Å². The summed E-state index contributed by atoms with van der Waals surface area (Å²) >= 11 is 0. The number of para-hydroxylation sites is 3. The molecule has 0 fully saturated rings. The second-order valence-corrected chi connectivity index (χ2v) is 14.0. The van der Waals surface area contributed by atoms with Gasteiger partial charge in [-0.15, -0.1) is 0 Å². The minimum Gasteiger partial charge on any atom is -0.456 e. The molecule has 0 aliphatic heterocycles. The Morgan fingerprint density at radius 1 is 0.400 bits per heavy atom. The van der Waals surface area contributed by atoms with Crippen molar-refractivity contribution < 1.29 is 13.3 Å². The highest BCUT2D eigenvalue weighted by Crippen LogP contribution is 2.44. The molecule has 12 rings (SSSR count). The van der Waals surface area contributed by atoms with E-state index in [0.717, 1.165) is 88.7 Å². The Bertz CT molecular complexity index is 3440. The molecule has 4 aromatic heterocycles. The summed E-state index contributed by atoms with van der Waals surface area (Å²) in [5.41, 5.74) is 12.2. The first-order chi connectivity index (χ1) is 27.2. The van der Waals surface area contributed by atoms with Crippen molar-refractivity contribution in [1.82, 2.24) is 9.55 Å². The van der Waals surface area contributed by atoms with Gasteiger partial charge in [-0.05, 0) is 103 Å². The number of rotatable bonds is 5. The minimum atomic E-state index is 0.582. The largest absolute Gasteiger partial charge is 0.456 e. The number of nitrogens with zero attached hydrogens (tertiary/aromatic N) is 3. The van der Waals surface area contributed by atoms with Crippen LogP contribution in [0.5, 0.6) is 0 Å². The number of aromatic nitrogens is 2. The van der Waals surface area contributed by atoms with Gasteiger partial charge in [0.15, 0.2) is 5.58 Å². The van der Waals surface area contributed by atoms with E-state index in [0.29, 0.717) is 11.5 Å². The number of benzene rings is 8. The first-order valence-electron chi connectivity index (χ1n) is 18.4. The SMILES string of the molecule is c1ccc(-c2nc3c(ccc4oc5ccc(N(c6ccc7oc8ccccc8c7c6)c6ccc7c(c6)c6ccccc6n7-c6ccccc6)cc5c43)o2)cc1. The van der Waals surface area contributed by atoms with E-state index in [-0.39, 0.29) is 0 Å². The standard InChI is InChI=1S/C49H29N3O3/c1-3-11-30(12-4-1)49-50-48-46(55-49)26-25-45-47(48)39-29-34(21-24-44(39)54-45)51(33-20-23-43-38(28-33)36-16-8-10-18-42(36)53-43)32-19-22-41-37(27-32)35-15-7-9-17-40(35)52(41)31-13-5-2-6-14-31/h1-29H. The fraction of sp³-hybridized carbons (Fsp3) is 0. The molecule has 55 heavy (non-hydrogen) atoms. The molecule has 0 amide bonds. The van der Waals surface area contributed by atoms with Crippen molar-refractivity contribution in [1.29, 1.82) is 0 Å². The van der Waals surface area contributed by atoms with Gasteiger partial charge in [0, 0.05) is 55.2 Å². The van der Waals surface area contributed by atoms with Crippen molar-refractivity contribution >= 4 is 93.8 Å². The number of fused-ring (bicyclic) bond motifs is 11. The lowest BCUT2D eigenvalue weighted by Gasteiger charge is -2.26. The number of anilines is 3. The van der Waals surface area contributed by atoms with Gasteiger partial charge in [0.1, 0.15) is 27.8 Å². The second kappa shape index (κ2) is 11.5. The van der Waals surface area contributed by atoms with Crippen LogP contribution in [0.1, 0.15) is 0 Å². The van der Waals surface area contributed by atoms with Crippen LogP contribution in [0.25, 0.3) is 93.9 Å². The Labute approximate surface area is 313 Å². The van der Waals surface area contributed by atoms with Crippen LogP contribution in [-0.2, 0) is 0 Å². The van der Waals surface area contributed by atoms with E-state index in [1.807, 2.05) is 54.6 Å². The smallest absolute Gasteiger partial charge is 0.227 e. The van der Waals surface area contributed by atoms with Gasteiger partial charge in [0.2, 0.25) is 5.89 Å². The maximum Gasteiger partial charge on any atom is 0.227 e. The molecule has 0 aliphatic rings. The van der Waals surface area contributed by atoms with Crippen molar-refractivity contribution in [2.45, 2.75) is 0 Å². The molecule has 12 aromatic rings. The fourth-order valence-corrected chi connectivity index (χ4v) is 8.34. The van der Waals surface area contributed by atoms with Crippen molar-refractivity contribution in [3.63, 3.8) is 0 Å². The Kier molecular flexibility index (Phi) is 6.24. The zero-order valence-electron chi connectivity index (χ0n) is 29.3. The first kappa shape index (κ1) is 29.9. The van der Waals surface area contributed by atoms with E-state index in [9.17, 15) is 0 Å². The number of hydrogen-bond donors (Lipinski definition) is 0. The monoisotopic (exact) mass is 707 g/mol. The van der Waals surface area contributed by atoms with E-state index in [1.165, 1.54) is 10.8 Å². The zero-order valence-corrected chi connectivity index (χ0v) is 29.3. The van der Waals surface area contributed by atoms with Crippen LogP contribution in [0.4, 0.5) is 17.1 Å². The van der Waals surface area contributed by atoms with Crippen LogP contribution < -0.4 is 4.90 Å². The Morgan fingerprint density at radius 3 is 1.78 bits per heavy atom. The summed E-state index contributed by atoms with van der Waals surface area (Å²) in [6.45, 7) is 0. The predicted octanol–water partition coefficient (Wildman–Crippen LogP) is 13.9. The van der Waals surface area contributed by atoms with Crippen LogP contribution in [0.3, 0.4) is 0 Å². The summed E-state index contributed by atoms with van der Waals surface area (Å²) in [7, 11) is 0. The average molecular weight is 708 g/mol. The van der Waals surface area contributed by atoms with Crippen molar-refractivity contribution in [3.8, 4) is 17.1 Å². The summed E-state index contributed by atoms with van der Waals surface area (Å²) in [6, 6.07) is 61.0. The molecule has 0 radical (unpaired) electrons. The van der Waals surface area contributed by atoms with Crippen LogP contribution >= 0.6 is 0 Å². The number of oxazole rings is 1. The zero-order chi connectivity index (χ0) is 36.0. The van der Waals surface area contributed by atoms with Crippen LogP contribution in [-0.4, -0.2) is 9.55 Å². The maximum absolute atomic E-state index is 6.45. The van der Waals surface area contributed by atoms with Gasteiger partial charge in [0.25, 0.3) is 0 Å². The Morgan fingerprint density at radius 2 is 0.964 bits per heavy atom. The summed E-state index contributed by atoms with van der Waals surface area (Å²) in [5, 5.41) is 6.40. The minimum absolute atomic E-state index is 0.582. The molecule has 0 bridgehead atoms. The normalized spacial score (nSPS) is 12.0. The molecule has 4 heterocycles. The molecule has 0 saturated heterocycles. The number of furan rings is 2. The van der Waals surface area contributed by atoms with Crippen molar-refractivity contribution in [2.24, 2.45) is 0 Å². The highest BCUT2D eigenvalue weighted by Gasteiger charge is 2.22. The first-order valence-corrected chi connectivity index (χ1v) is 18.4. The predicted molar refractivity (Wildman–Crippen MR) is 223 cm³/mol. The van der Waals surface area contributed by atoms with Gasteiger partial charge >= 0.3 is 0 Å². The molecule has 8 aromatic carbocycles. The quantitative estimate of drug-likeness (QED) is 0.178. The molecule has 0 saturated carbocycles. The van der Waals surface area contributed by atoms with Gasteiger partial charge < -0.3 is 22.7 Å². The molecule has 0 unspecified atom stereocenters. The lowest BCUT2D eigenvalue weighted by atomic mass is 10.1. The molecule has 0 atom stereocenters. The average Bonchev–Trinajstić information content (AvgIpc) is 4.02. The van der Waals surface area contributed by atoms with E-state index in [2.05, 4.69) is 131 Å². The highest BCUT2D eigenvalue weighted by atomic mass is 16.4. The third-order valence-electron chi connectivity index (χ3n) is 10.8. The third kappa shape index (κ3) is 4.52. The van der Waals surface area contributed by atoms with Gasteiger partial charge in [-0.2, -0.15) is 0 Å². The lowest BCUT2D eigenvalue weighted by Crippen LogP contribution is -2.09. The van der Waals surface area contributed by atoms with Crippen molar-refractivity contribution in [2.75, 3.05) is 4.90 Å². The Balaban J connectivity index is 1.11. The van der Waals surface area contributed by atoms with E-state index >= 15 is 0 Å². The molecule has 258 valence electrons. The molecular weight excluding hydrogens is 679 g/mol. The summed E-state index contributed by atoms with van der Waals surface area (Å²) < 4.78 is 21.4. The molecule has 0 aliphatic carbocycles. The molecule has 0 N–H and O–H groups in total. The number of hydrogen-bond acceptors (Lipinski definition) is 5. The lowest BCUT2D eigenvalue weighted by molar-refractivity contribution is 0.619. The molecular formula is C49H29N3O3. The third-order valence-corrected chi connectivity index (χ3v) is 10.8. The molecule has 6 nitrogen and oxygen atoms in total. The summed E-state index contributed by atoms with van der Waals surface area (Å²) in [5.74, 6) is 0.582. The highest BCUT2D eigenvalue weighted by molar-refractivity contribution is 6.18. The molecule has 0 spiro atoms. The van der Waals surface area contributed by atoms with Gasteiger partial charge in [-0.1, -0.05) is 72.8 Å². The van der Waals surface area contributed by atoms with Crippen LogP contribution in [0.2, 0.25) is 0 Å². The van der Waals surface area contributed by atoms with Gasteiger partial charge in [-0.3, -0.25) is 0 Å². The van der Waals surface area contributed by atoms with Crippen LogP contribution in [0.15, 0.2) is 189 Å². The van der Waals surface area contributed by atoms with E-state index in [1.54, 1.807) is 0 Å². The molecule has 6 heteroatoms. The fourth-order valence-electron chi connectivity index (χ4n) is 8.34. The topological polar surface area (TPSA) is 60.5 Å². The second-order valence-electron chi connectivity index (χ2n) is 14.0. The van der Waals surface area contributed by atoms with Gasteiger partial charge in [-0.25, -0.2) is 4.98 Å². The summed E-state index contributed by atoms with van der Waals surface area (Å²) in [6.07, 6.45) is 0. The van der Waals surface area contributed by atoms with Crippen LogP contribution in [0, 0.1) is 0 Å².